The van der Waals surface area contributed by atoms with Gasteiger partial charge in [0.1, 0.15) is 0 Å². The van der Waals surface area contributed by atoms with Crippen LogP contribution in [0.5, 0.6) is 0 Å². The van der Waals surface area contributed by atoms with Crippen LogP contribution >= 0.6 is 0 Å². The fourth-order valence-corrected chi connectivity index (χ4v) is 2.11. The number of aromatic nitrogens is 2. The quantitative estimate of drug-likeness (QED) is 0.786. The van der Waals surface area contributed by atoms with E-state index in [0.29, 0.717) is 6.54 Å². The molecular weight excluding hydrogens is 216 g/mol. The van der Waals surface area contributed by atoms with Crippen molar-refractivity contribution in [1.29, 1.82) is 0 Å². The number of piperidine rings is 1. The summed E-state index contributed by atoms with van der Waals surface area (Å²) in [6.07, 6.45) is 5.98. The monoisotopic (exact) mass is 236 g/mol. The topological polar surface area (TPSA) is 59.0 Å². The van der Waals surface area contributed by atoms with Crippen LogP contribution < -0.4 is 10.6 Å². The van der Waals surface area contributed by atoms with E-state index in [4.69, 9.17) is 0 Å². The summed E-state index contributed by atoms with van der Waals surface area (Å²) in [6, 6.07) is 1.98. The first kappa shape index (κ1) is 12.1. The molecule has 0 spiro atoms. The molecule has 1 amide bonds. The summed E-state index contributed by atoms with van der Waals surface area (Å²) in [5, 5.41) is 10.5. The minimum absolute atomic E-state index is 0.00693. The number of carbonyl (C=O) groups is 1. The third kappa shape index (κ3) is 3.56. The molecular formula is C12H20N4O. The van der Waals surface area contributed by atoms with Gasteiger partial charge in [-0.1, -0.05) is 6.42 Å². The van der Waals surface area contributed by atoms with Crippen molar-refractivity contribution >= 4 is 5.91 Å². The zero-order valence-electron chi connectivity index (χ0n) is 10.3. The first-order valence-electron chi connectivity index (χ1n) is 6.25. The van der Waals surface area contributed by atoms with Crippen molar-refractivity contribution < 1.29 is 4.79 Å². The van der Waals surface area contributed by atoms with Crippen molar-refractivity contribution in [3.05, 3.63) is 18.0 Å². The maximum absolute atomic E-state index is 11.8. The predicted octanol–water partition coefficient (Wildman–Crippen LogP) is 0.221. The molecule has 5 nitrogen and oxygen atoms in total. The highest BCUT2D eigenvalue weighted by Gasteiger charge is 2.19. The average molecular weight is 236 g/mol. The normalized spacial score (nSPS) is 20.2. The Kier molecular flexibility index (Phi) is 4.14. The molecule has 1 aliphatic rings. The van der Waals surface area contributed by atoms with Crippen LogP contribution in [0, 0.1) is 0 Å². The highest BCUT2D eigenvalue weighted by atomic mass is 16.2. The van der Waals surface area contributed by atoms with Gasteiger partial charge in [-0.25, -0.2) is 0 Å². The number of aryl methyl sites for hydroxylation is 1. The van der Waals surface area contributed by atoms with Gasteiger partial charge in [-0.2, -0.15) is 5.10 Å². The standard InChI is InChI=1S/C12H20N4O/c1-16-9-6-10(15-16)5-8-14-12(17)11-4-2-3-7-13-11/h6,9,11,13H,2-5,7-8H2,1H3,(H,14,17)/t11-/m0/s1. The fourth-order valence-electron chi connectivity index (χ4n) is 2.11. The molecule has 1 aromatic heterocycles. The van der Waals surface area contributed by atoms with Gasteiger partial charge in [-0.3, -0.25) is 9.48 Å². The molecule has 1 aromatic rings. The lowest BCUT2D eigenvalue weighted by molar-refractivity contribution is -0.123. The van der Waals surface area contributed by atoms with E-state index in [0.717, 1.165) is 31.5 Å². The lowest BCUT2D eigenvalue weighted by atomic mass is 10.0. The Balaban J connectivity index is 1.69. The largest absolute Gasteiger partial charge is 0.354 e. The van der Waals surface area contributed by atoms with Crippen LogP contribution in [-0.2, 0) is 18.3 Å². The summed E-state index contributed by atoms with van der Waals surface area (Å²) in [6.45, 7) is 1.62. The number of hydrogen-bond acceptors (Lipinski definition) is 3. The summed E-state index contributed by atoms with van der Waals surface area (Å²) in [4.78, 5) is 11.8. The third-order valence-corrected chi connectivity index (χ3v) is 3.08. The molecule has 0 bridgehead atoms. The zero-order chi connectivity index (χ0) is 12.1. The number of carbonyl (C=O) groups excluding carboxylic acids is 1. The number of rotatable bonds is 4. The fraction of sp³-hybridized carbons (Fsp3) is 0.667. The smallest absolute Gasteiger partial charge is 0.237 e. The van der Waals surface area contributed by atoms with Crippen molar-refractivity contribution in [3.8, 4) is 0 Å². The van der Waals surface area contributed by atoms with Gasteiger partial charge in [0.15, 0.2) is 0 Å². The second-order valence-electron chi connectivity index (χ2n) is 4.52. The Morgan fingerprint density at radius 3 is 3.18 bits per heavy atom. The first-order chi connectivity index (χ1) is 8.25. The van der Waals surface area contributed by atoms with E-state index in [1.54, 1.807) is 4.68 Å². The van der Waals surface area contributed by atoms with E-state index in [-0.39, 0.29) is 11.9 Å². The second kappa shape index (κ2) is 5.82. The average Bonchev–Trinajstić information content (AvgIpc) is 2.76. The van der Waals surface area contributed by atoms with Gasteiger partial charge >= 0.3 is 0 Å². The van der Waals surface area contributed by atoms with Crippen LogP contribution in [0.3, 0.4) is 0 Å². The number of nitrogens with zero attached hydrogens (tertiary/aromatic N) is 2. The van der Waals surface area contributed by atoms with E-state index < -0.39 is 0 Å². The SMILES string of the molecule is Cn1ccc(CCNC(=O)[C@@H]2CCCCN2)n1. The molecule has 17 heavy (non-hydrogen) atoms. The molecule has 1 saturated heterocycles. The van der Waals surface area contributed by atoms with E-state index in [2.05, 4.69) is 15.7 Å². The molecule has 1 fully saturated rings. The highest BCUT2D eigenvalue weighted by Crippen LogP contribution is 2.06. The van der Waals surface area contributed by atoms with Crippen molar-refractivity contribution in [2.24, 2.45) is 7.05 Å². The Morgan fingerprint density at radius 2 is 2.53 bits per heavy atom. The minimum atomic E-state index is 0.00693. The van der Waals surface area contributed by atoms with Gasteiger partial charge in [-0.15, -0.1) is 0 Å². The summed E-state index contributed by atoms with van der Waals surface area (Å²) < 4.78 is 1.78. The lowest BCUT2D eigenvalue weighted by Gasteiger charge is -2.22. The molecule has 1 aliphatic heterocycles. The van der Waals surface area contributed by atoms with Crippen LogP contribution in [0.1, 0.15) is 25.0 Å². The zero-order valence-corrected chi connectivity index (χ0v) is 10.3. The highest BCUT2D eigenvalue weighted by molar-refractivity contribution is 5.81. The Hall–Kier alpha value is -1.36. The Labute approximate surface area is 102 Å². The van der Waals surface area contributed by atoms with Gasteiger partial charge < -0.3 is 10.6 Å². The van der Waals surface area contributed by atoms with Gasteiger partial charge in [0.05, 0.1) is 11.7 Å². The van der Waals surface area contributed by atoms with Gasteiger partial charge in [0, 0.05) is 26.2 Å². The van der Waals surface area contributed by atoms with Crippen molar-refractivity contribution in [2.75, 3.05) is 13.1 Å². The molecule has 0 radical (unpaired) electrons. The molecule has 1 atom stereocenters. The maximum Gasteiger partial charge on any atom is 0.237 e. The second-order valence-corrected chi connectivity index (χ2v) is 4.52. The number of hydrogen-bond donors (Lipinski definition) is 2. The van der Waals surface area contributed by atoms with Crippen LogP contribution in [0.4, 0.5) is 0 Å². The number of amides is 1. The predicted molar refractivity (Wildman–Crippen MR) is 65.6 cm³/mol. The van der Waals surface area contributed by atoms with E-state index in [1.165, 1.54) is 6.42 Å². The molecule has 5 heteroatoms. The summed E-state index contributed by atoms with van der Waals surface area (Å²) >= 11 is 0. The van der Waals surface area contributed by atoms with Gasteiger partial charge in [0.25, 0.3) is 0 Å². The summed E-state index contributed by atoms with van der Waals surface area (Å²) in [5.41, 5.74) is 1.02. The van der Waals surface area contributed by atoms with E-state index in [9.17, 15) is 4.79 Å². The first-order valence-corrected chi connectivity index (χ1v) is 6.25. The van der Waals surface area contributed by atoms with Gasteiger partial charge in [0.2, 0.25) is 5.91 Å². The molecule has 0 unspecified atom stereocenters. The van der Waals surface area contributed by atoms with Crippen molar-refractivity contribution in [2.45, 2.75) is 31.7 Å². The van der Waals surface area contributed by atoms with Crippen LogP contribution in [0.2, 0.25) is 0 Å². The van der Waals surface area contributed by atoms with Crippen molar-refractivity contribution in [1.82, 2.24) is 20.4 Å². The lowest BCUT2D eigenvalue weighted by Crippen LogP contribution is -2.47. The van der Waals surface area contributed by atoms with E-state index in [1.807, 2.05) is 19.3 Å². The Morgan fingerprint density at radius 1 is 1.65 bits per heavy atom. The molecule has 2 rings (SSSR count). The molecule has 0 saturated carbocycles. The molecule has 0 aromatic carbocycles. The molecule has 0 aliphatic carbocycles. The van der Waals surface area contributed by atoms with Crippen molar-refractivity contribution in [3.63, 3.8) is 0 Å². The van der Waals surface area contributed by atoms with E-state index >= 15 is 0 Å². The summed E-state index contributed by atoms with van der Waals surface area (Å²) in [5.74, 6) is 0.126. The molecule has 2 heterocycles. The number of nitrogens with one attached hydrogen (secondary N) is 2. The van der Waals surface area contributed by atoms with Crippen LogP contribution in [0.25, 0.3) is 0 Å². The Bertz CT molecular complexity index is 368. The third-order valence-electron chi connectivity index (χ3n) is 3.08. The molecule has 94 valence electrons. The maximum atomic E-state index is 11.8. The minimum Gasteiger partial charge on any atom is -0.354 e. The molecule has 2 N–H and O–H groups in total. The summed E-state index contributed by atoms with van der Waals surface area (Å²) in [7, 11) is 1.90. The van der Waals surface area contributed by atoms with Crippen LogP contribution in [0.15, 0.2) is 12.3 Å². The van der Waals surface area contributed by atoms with Crippen LogP contribution in [-0.4, -0.2) is 34.8 Å². The van der Waals surface area contributed by atoms with Gasteiger partial charge in [-0.05, 0) is 25.5 Å².